The molecule has 3 aromatic rings. The predicted octanol–water partition coefficient (Wildman–Crippen LogP) is 3.92. The average Bonchev–Trinajstić information content (AvgIpc) is 2.61. The summed E-state index contributed by atoms with van der Waals surface area (Å²) in [6, 6.07) is 15.3. The van der Waals surface area contributed by atoms with Crippen LogP contribution in [0.4, 0.5) is 15.9 Å². The first-order valence-electron chi connectivity index (χ1n) is 7.21. The molecule has 2 N–H and O–H groups in total. The summed E-state index contributed by atoms with van der Waals surface area (Å²) in [6.45, 7) is 0. The fourth-order valence-corrected chi connectivity index (χ4v) is 2.48. The highest BCUT2D eigenvalue weighted by Gasteiger charge is 2.16. The van der Waals surface area contributed by atoms with Crippen LogP contribution in [0.2, 0.25) is 0 Å². The van der Waals surface area contributed by atoms with E-state index in [1.54, 1.807) is 24.3 Å². The number of non-ortho nitro benzene ring substituents is 1. The van der Waals surface area contributed by atoms with Crippen molar-refractivity contribution in [2.75, 3.05) is 5.73 Å². The Labute approximate surface area is 142 Å². The molecule has 1 heterocycles. The van der Waals surface area contributed by atoms with Crippen LogP contribution in [-0.4, -0.2) is 9.91 Å². The maximum absolute atomic E-state index is 14.2. The molecule has 0 saturated heterocycles. The Hall–Kier alpha value is -3.79. The number of rotatable bonds is 3. The Morgan fingerprint density at radius 3 is 2.40 bits per heavy atom. The van der Waals surface area contributed by atoms with Crippen molar-refractivity contribution in [1.82, 2.24) is 4.98 Å². The molecule has 0 aliphatic heterocycles. The number of halogens is 1. The number of nitriles is 1. The number of nitrogens with two attached hydrogens (primary N) is 1. The normalized spacial score (nSPS) is 10.2. The third-order valence-corrected chi connectivity index (χ3v) is 3.70. The van der Waals surface area contributed by atoms with Crippen LogP contribution in [0.5, 0.6) is 0 Å². The Morgan fingerprint density at radius 2 is 1.80 bits per heavy atom. The van der Waals surface area contributed by atoms with Gasteiger partial charge in [-0.2, -0.15) is 5.26 Å². The summed E-state index contributed by atoms with van der Waals surface area (Å²) in [4.78, 5) is 14.4. The quantitative estimate of drug-likeness (QED) is 0.577. The maximum Gasteiger partial charge on any atom is 0.269 e. The molecular weight excluding hydrogens is 323 g/mol. The topological polar surface area (TPSA) is 106 Å². The zero-order chi connectivity index (χ0) is 18.0. The van der Waals surface area contributed by atoms with Crippen molar-refractivity contribution in [3.8, 4) is 28.5 Å². The third-order valence-electron chi connectivity index (χ3n) is 3.70. The molecule has 7 heteroatoms. The van der Waals surface area contributed by atoms with Gasteiger partial charge in [0.15, 0.2) is 0 Å². The van der Waals surface area contributed by atoms with Gasteiger partial charge in [-0.3, -0.25) is 10.1 Å². The molecule has 0 amide bonds. The molecule has 0 spiro atoms. The summed E-state index contributed by atoms with van der Waals surface area (Å²) in [7, 11) is 0. The predicted molar refractivity (Wildman–Crippen MR) is 90.8 cm³/mol. The minimum absolute atomic E-state index is 0.0309. The van der Waals surface area contributed by atoms with Crippen LogP contribution in [0.1, 0.15) is 5.56 Å². The number of nitrogens with zero attached hydrogens (tertiary/aromatic N) is 3. The van der Waals surface area contributed by atoms with Gasteiger partial charge in [0.2, 0.25) is 0 Å². The molecule has 0 aliphatic rings. The van der Waals surface area contributed by atoms with Crippen LogP contribution in [0, 0.1) is 27.3 Å². The Bertz CT molecular complexity index is 1010. The largest absolute Gasteiger partial charge is 0.383 e. The summed E-state index contributed by atoms with van der Waals surface area (Å²) in [5, 5.41) is 20.1. The number of nitro benzene ring substituents is 1. The van der Waals surface area contributed by atoms with Crippen molar-refractivity contribution >= 4 is 11.5 Å². The maximum atomic E-state index is 14.2. The van der Waals surface area contributed by atoms with Crippen molar-refractivity contribution in [3.63, 3.8) is 0 Å². The second kappa shape index (κ2) is 6.37. The fraction of sp³-hybridized carbons (Fsp3) is 0. The second-order valence-corrected chi connectivity index (χ2v) is 5.21. The van der Waals surface area contributed by atoms with E-state index in [4.69, 9.17) is 5.73 Å². The van der Waals surface area contributed by atoms with E-state index in [9.17, 15) is 19.8 Å². The molecule has 1 aromatic heterocycles. The van der Waals surface area contributed by atoms with E-state index in [1.807, 2.05) is 6.07 Å². The van der Waals surface area contributed by atoms with Crippen molar-refractivity contribution in [3.05, 3.63) is 76.1 Å². The van der Waals surface area contributed by atoms with Gasteiger partial charge in [0.05, 0.1) is 10.6 Å². The Kier molecular flexibility index (Phi) is 4.10. The van der Waals surface area contributed by atoms with Gasteiger partial charge in [0.1, 0.15) is 23.3 Å². The number of anilines is 1. The lowest BCUT2D eigenvalue weighted by atomic mass is 9.98. The molecule has 0 atom stereocenters. The van der Waals surface area contributed by atoms with Gasteiger partial charge < -0.3 is 5.73 Å². The number of aromatic nitrogens is 1. The Balaban J connectivity index is 2.19. The highest BCUT2D eigenvalue weighted by molar-refractivity contribution is 5.80. The minimum atomic E-state index is -0.505. The number of hydrogen-bond donors (Lipinski definition) is 1. The Morgan fingerprint density at radius 1 is 1.12 bits per heavy atom. The van der Waals surface area contributed by atoms with Crippen molar-refractivity contribution in [2.45, 2.75) is 0 Å². The second-order valence-electron chi connectivity index (χ2n) is 5.21. The van der Waals surface area contributed by atoms with Crippen LogP contribution in [0.25, 0.3) is 22.4 Å². The minimum Gasteiger partial charge on any atom is -0.383 e. The van der Waals surface area contributed by atoms with Gasteiger partial charge in [0, 0.05) is 28.8 Å². The van der Waals surface area contributed by atoms with Gasteiger partial charge in [0.25, 0.3) is 5.69 Å². The summed E-state index contributed by atoms with van der Waals surface area (Å²) < 4.78 is 14.2. The number of hydrogen-bond acceptors (Lipinski definition) is 5. The van der Waals surface area contributed by atoms with E-state index in [0.717, 1.165) is 0 Å². The molecule has 6 nitrogen and oxygen atoms in total. The van der Waals surface area contributed by atoms with Gasteiger partial charge in [-0.15, -0.1) is 0 Å². The molecule has 0 fully saturated rings. The van der Waals surface area contributed by atoms with Crippen LogP contribution < -0.4 is 5.73 Å². The van der Waals surface area contributed by atoms with E-state index < -0.39 is 10.7 Å². The lowest BCUT2D eigenvalue weighted by Gasteiger charge is -2.11. The highest BCUT2D eigenvalue weighted by atomic mass is 19.1. The first kappa shape index (κ1) is 16.1. The van der Waals surface area contributed by atoms with Gasteiger partial charge in [-0.1, -0.05) is 18.2 Å². The highest BCUT2D eigenvalue weighted by Crippen LogP contribution is 2.32. The summed E-state index contributed by atoms with van der Waals surface area (Å²) >= 11 is 0. The molecule has 0 bridgehead atoms. The van der Waals surface area contributed by atoms with Crippen LogP contribution >= 0.6 is 0 Å². The zero-order valence-corrected chi connectivity index (χ0v) is 12.8. The summed E-state index contributed by atoms with van der Waals surface area (Å²) in [6.07, 6.45) is 0. The van der Waals surface area contributed by atoms with E-state index in [-0.39, 0.29) is 22.6 Å². The molecule has 3 rings (SSSR count). The van der Waals surface area contributed by atoms with Crippen molar-refractivity contribution in [1.29, 1.82) is 5.26 Å². The van der Waals surface area contributed by atoms with Crippen LogP contribution in [0.3, 0.4) is 0 Å². The summed E-state index contributed by atoms with van der Waals surface area (Å²) in [5.41, 5.74) is 7.41. The zero-order valence-electron chi connectivity index (χ0n) is 12.8. The molecule has 0 saturated carbocycles. The molecule has 0 unspecified atom stereocenters. The lowest BCUT2D eigenvalue weighted by Crippen LogP contribution is -2.00. The van der Waals surface area contributed by atoms with E-state index >= 15 is 0 Å². The molecule has 25 heavy (non-hydrogen) atoms. The first-order chi connectivity index (χ1) is 12.0. The average molecular weight is 334 g/mol. The number of nitro groups is 1. The molecule has 0 aliphatic carbocycles. The SMILES string of the molecule is N#Cc1c(-c2ccccc2F)cc(-c2ccc([N+](=O)[O-])cc2)nc1N. The lowest BCUT2D eigenvalue weighted by molar-refractivity contribution is -0.384. The molecular formula is C18H11FN4O2. The van der Waals surface area contributed by atoms with E-state index in [2.05, 4.69) is 4.98 Å². The molecule has 0 radical (unpaired) electrons. The number of pyridine rings is 1. The van der Waals surface area contributed by atoms with Gasteiger partial charge >= 0.3 is 0 Å². The fourth-order valence-electron chi connectivity index (χ4n) is 2.48. The van der Waals surface area contributed by atoms with Crippen LogP contribution in [-0.2, 0) is 0 Å². The summed E-state index contributed by atoms with van der Waals surface area (Å²) in [5.74, 6) is -0.518. The van der Waals surface area contributed by atoms with Crippen molar-refractivity contribution in [2.24, 2.45) is 0 Å². The smallest absolute Gasteiger partial charge is 0.269 e. The molecule has 122 valence electrons. The van der Waals surface area contributed by atoms with Gasteiger partial charge in [-0.25, -0.2) is 9.37 Å². The monoisotopic (exact) mass is 334 g/mol. The number of nitrogen functional groups attached to an aromatic ring is 1. The number of benzene rings is 2. The molecule has 2 aromatic carbocycles. The van der Waals surface area contributed by atoms with Crippen molar-refractivity contribution < 1.29 is 9.31 Å². The third kappa shape index (κ3) is 3.01. The van der Waals surface area contributed by atoms with E-state index in [1.165, 1.54) is 30.3 Å². The standard InChI is InChI=1S/C18H11FN4O2/c19-16-4-2-1-3-13(16)14-9-17(22-18(21)15(14)10-20)11-5-7-12(8-6-11)23(24)25/h1-9H,(H2,21,22). The first-order valence-corrected chi connectivity index (χ1v) is 7.21. The van der Waals surface area contributed by atoms with Gasteiger partial charge in [-0.05, 0) is 24.3 Å². The van der Waals surface area contributed by atoms with Crippen LogP contribution in [0.15, 0.2) is 54.6 Å². The van der Waals surface area contributed by atoms with E-state index in [0.29, 0.717) is 16.8 Å².